The molecule has 0 aliphatic rings. The van der Waals surface area contributed by atoms with Crippen LogP contribution in [0.1, 0.15) is 12.2 Å². The van der Waals surface area contributed by atoms with Gasteiger partial charge < -0.3 is 9.47 Å². The number of nitrogens with zero attached hydrogens (tertiary/aromatic N) is 3. The van der Waals surface area contributed by atoms with Crippen LogP contribution in [-0.2, 0) is 17.8 Å². The Bertz CT molecular complexity index is 622. The summed E-state index contributed by atoms with van der Waals surface area (Å²) < 4.78 is 2.03. The van der Waals surface area contributed by atoms with Crippen LogP contribution in [-0.4, -0.2) is 40.3 Å². The molecule has 0 N–H and O–H groups in total. The first-order valence-electron chi connectivity index (χ1n) is 6.44. The first-order valence-corrected chi connectivity index (χ1v) is 7.35. The zero-order chi connectivity index (χ0) is 14.7. The number of aryl methyl sites for hydroxylation is 2. The van der Waals surface area contributed by atoms with Gasteiger partial charge in [0.15, 0.2) is 0 Å². The number of hydrogen-bond acceptors (Lipinski definition) is 2. The summed E-state index contributed by atoms with van der Waals surface area (Å²) in [5.41, 5.74) is 1.72. The molecule has 0 fully saturated rings. The fraction of sp³-hybridized carbons (Fsp3) is 0.429. The van der Waals surface area contributed by atoms with E-state index in [0.717, 1.165) is 16.9 Å². The molecule has 20 heavy (non-hydrogen) atoms. The van der Waals surface area contributed by atoms with Gasteiger partial charge in [-0.2, -0.15) is 0 Å². The third-order valence-corrected chi connectivity index (χ3v) is 3.67. The van der Waals surface area contributed by atoms with Crippen molar-refractivity contribution in [1.29, 1.82) is 0 Å². The van der Waals surface area contributed by atoms with Crippen molar-refractivity contribution in [3.63, 3.8) is 0 Å². The average molecular weight is 314 g/mol. The molecule has 0 saturated heterocycles. The number of hydrogen-bond donors (Lipinski definition) is 0. The standard InChI is InChI=1S/C14H17Cl2N3O/c1-18(2)13(20)7-9-19-11-5-3-4-10(16)14(11)17-12(19)6-8-15/h3-5H,6-9H2,1-2H3. The predicted molar refractivity (Wildman–Crippen MR) is 82.5 cm³/mol. The van der Waals surface area contributed by atoms with E-state index in [2.05, 4.69) is 4.98 Å². The van der Waals surface area contributed by atoms with Crippen LogP contribution in [0.5, 0.6) is 0 Å². The van der Waals surface area contributed by atoms with Crippen LogP contribution in [0, 0.1) is 0 Å². The van der Waals surface area contributed by atoms with E-state index < -0.39 is 0 Å². The first-order chi connectivity index (χ1) is 9.54. The van der Waals surface area contributed by atoms with Gasteiger partial charge in [-0.05, 0) is 12.1 Å². The summed E-state index contributed by atoms with van der Waals surface area (Å²) in [4.78, 5) is 17.9. The molecule has 0 aliphatic carbocycles. The molecule has 0 saturated carbocycles. The summed E-state index contributed by atoms with van der Waals surface area (Å²) in [5, 5.41) is 0.621. The molecule has 2 rings (SSSR count). The van der Waals surface area contributed by atoms with Crippen molar-refractivity contribution in [2.24, 2.45) is 0 Å². The Morgan fingerprint density at radius 1 is 1.40 bits per heavy atom. The Morgan fingerprint density at radius 2 is 2.15 bits per heavy atom. The van der Waals surface area contributed by atoms with Crippen molar-refractivity contribution in [2.75, 3.05) is 20.0 Å². The summed E-state index contributed by atoms with van der Waals surface area (Å²) in [6.45, 7) is 0.583. The smallest absolute Gasteiger partial charge is 0.223 e. The fourth-order valence-corrected chi connectivity index (χ4v) is 2.50. The Labute approximate surface area is 128 Å². The number of fused-ring (bicyclic) bond motifs is 1. The van der Waals surface area contributed by atoms with Crippen molar-refractivity contribution < 1.29 is 4.79 Å². The predicted octanol–water partition coefficient (Wildman–Crippen LogP) is 2.95. The molecule has 1 amide bonds. The molecule has 0 spiro atoms. The van der Waals surface area contributed by atoms with E-state index in [1.807, 2.05) is 22.8 Å². The number of carbonyl (C=O) groups is 1. The van der Waals surface area contributed by atoms with E-state index in [1.54, 1.807) is 19.0 Å². The second-order valence-electron chi connectivity index (χ2n) is 4.76. The molecular weight excluding hydrogens is 297 g/mol. The number of para-hydroxylation sites is 1. The van der Waals surface area contributed by atoms with Gasteiger partial charge in [0.2, 0.25) is 5.91 Å². The zero-order valence-electron chi connectivity index (χ0n) is 11.6. The molecule has 108 valence electrons. The van der Waals surface area contributed by atoms with Gasteiger partial charge in [0.05, 0.1) is 10.5 Å². The largest absolute Gasteiger partial charge is 0.349 e. The fourth-order valence-electron chi connectivity index (χ4n) is 2.12. The Kier molecular flexibility index (Phi) is 4.89. The minimum atomic E-state index is 0.0886. The van der Waals surface area contributed by atoms with Crippen LogP contribution in [0.25, 0.3) is 11.0 Å². The molecule has 1 heterocycles. The number of benzene rings is 1. The van der Waals surface area contributed by atoms with Gasteiger partial charge in [0.1, 0.15) is 11.3 Å². The SMILES string of the molecule is CN(C)C(=O)CCn1c(CCCl)nc2c(Cl)cccc21. The van der Waals surface area contributed by atoms with Crippen LogP contribution >= 0.6 is 23.2 Å². The van der Waals surface area contributed by atoms with Crippen LogP contribution in [0.3, 0.4) is 0 Å². The lowest BCUT2D eigenvalue weighted by atomic mass is 10.3. The maximum Gasteiger partial charge on any atom is 0.223 e. The maximum absolute atomic E-state index is 11.8. The van der Waals surface area contributed by atoms with E-state index in [9.17, 15) is 4.79 Å². The molecule has 6 heteroatoms. The second-order valence-corrected chi connectivity index (χ2v) is 5.55. The van der Waals surface area contributed by atoms with Gasteiger partial charge in [-0.25, -0.2) is 4.98 Å². The van der Waals surface area contributed by atoms with Gasteiger partial charge in [0, 0.05) is 39.4 Å². The third-order valence-electron chi connectivity index (χ3n) is 3.17. The van der Waals surface area contributed by atoms with E-state index in [0.29, 0.717) is 30.3 Å². The topological polar surface area (TPSA) is 38.1 Å². The average Bonchev–Trinajstić information content (AvgIpc) is 2.76. The van der Waals surface area contributed by atoms with Crippen LogP contribution in [0.4, 0.5) is 0 Å². The molecule has 1 aromatic heterocycles. The number of carbonyl (C=O) groups excluding carboxylic acids is 1. The summed E-state index contributed by atoms with van der Waals surface area (Å²) >= 11 is 12.0. The molecule has 4 nitrogen and oxygen atoms in total. The highest BCUT2D eigenvalue weighted by molar-refractivity contribution is 6.34. The summed E-state index contributed by atoms with van der Waals surface area (Å²) in [6.07, 6.45) is 1.09. The van der Waals surface area contributed by atoms with Gasteiger partial charge in [-0.15, -0.1) is 11.6 Å². The number of amides is 1. The summed E-state index contributed by atoms with van der Waals surface area (Å²) in [6, 6.07) is 5.67. The van der Waals surface area contributed by atoms with E-state index >= 15 is 0 Å². The van der Waals surface area contributed by atoms with Crippen molar-refractivity contribution in [2.45, 2.75) is 19.4 Å². The van der Waals surface area contributed by atoms with E-state index in [4.69, 9.17) is 23.2 Å². The molecular formula is C14H17Cl2N3O. The first kappa shape index (κ1) is 15.1. The minimum Gasteiger partial charge on any atom is -0.349 e. The Balaban J connectivity index is 2.36. The summed E-state index contributed by atoms with van der Waals surface area (Å²) in [7, 11) is 3.51. The normalized spacial score (nSPS) is 11.0. The van der Waals surface area contributed by atoms with Gasteiger partial charge >= 0.3 is 0 Å². The third kappa shape index (κ3) is 3.07. The van der Waals surface area contributed by atoms with Crippen LogP contribution in [0.15, 0.2) is 18.2 Å². The molecule has 0 unspecified atom stereocenters. The molecule has 0 aliphatic heterocycles. The molecule has 2 aromatic rings. The van der Waals surface area contributed by atoms with Crippen LogP contribution < -0.4 is 0 Å². The van der Waals surface area contributed by atoms with Crippen molar-refractivity contribution in [3.8, 4) is 0 Å². The van der Waals surface area contributed by atoms with Gasteiger partial charge in [-0.1, -0.05) is 17.7 Å². The van der Waals surface area contributed by atoms with Gasteiger partial charge in [0.25, 0.3) is 0 Å². The number of aromatic nitrogens is 2. The van der Waals surface area contributed by atoms with Crippen molar-refractivity contribution in [1.82, 2.24) is 14.5 Å². The Hall–Kier alpha value is -1.26. The monoisotopic (exact) mass is 313 g/mol. The lowest BCUT2D eigenvalue weighted by Gasteiger charge is -2.12. The highest BCUT2D eigenvalue weighted by Crippen LogP contribution is 2.24. The van der Waals surface area contributed by atoms with E-state index in [1.165, 1.54) is 0 Å². The number of imidazole rings is 1. The number of rotatable bonds is 5. The maximum atomic E-state index is 11.8. The van der Waals surface area contributed by atoms with Crippen molar-refractivity contribution >= 4 is 40.1 Å². The quantitative estimate of drug-likeness (QED) is 0.796. The molecule has 0 atom stereocenters. The molecule has 0 radical (unpaired) electrons. The highest BCUT2D eigenvalue weighted by Gasteiger charge is 2.14. The van der Waals surface area contributed by atoms with Gasteiger partial charge in [-0.3, -0.25) is 4.79 Å². The van der Waals surface area contributed by atoms with E-state index in [-0.39, 0.29) is 5.91 Å². The lowest BCUT2D eigenvalue weighted by molar-refractivity contribution is -0.128. The summed E-state index contributed by atoms with van der Waals surface area (Å²) in [5.74, 6) is 1.45. The number of halogens is 2. The zero-order valence-corrected chi connectivity index (χ0v) is 13.1. The lowest BCUT2D eigenvalue weighted by Crippen LogP contribution is -2.23. The highest BCUT2D eigenvalue weighted by atomic mass is 35.5. The number of alkyl halides is 1. The second kappa shape index (κ2) is 6.46. The van der Waals surface area contributed by atoms with Crippen molar-refractivity contribution in [3.05, 3.63) is 29.0 Å². The van der Waals surface area contributed by atoms with Crippen LogP contribution in [0.2, 0.25) is 5.02 Å². The molecule has 1 aromatic carbocycles. The minimum absolute atomic E-state index is 0.0886. The Morgan fingerprint density at radius 3 is 2.80 bits per heavy atom. The molecule has 0 bridgehead atoms.